The fraction of sp³-hybridized carbons (Fsp3) is 0.684. The van der Waals surface area contributed by atoms with Crippen LogP contribution < -0.4 is 0 Å². The first-order valence-corrected chi connectivity index (χ1v) is 8.42. The summed E-state index contributed by atoms with van der Waals surface area (Å²) < 4.78 is 36.3. The lowest BCUT2D eigenvalue weighted by molar-refractivity contribution is 0.0821. The Hall–Kier alpha value is -1.03. The van der Waals surface area contributed by atoms with E-state index < -0.39 is 11.6 Å². The molecule has 1 fully saturated rings. The summed E-state index contributed by atoms with van der Waals surface area (Å²) in [5.74, 6) is -0.164. The van der Waals surface area contributed by atoms with E-state index in [1.54, 1.807) is 6.07 Å². The van der Waals surface area contributed by atoms with Crippen molar-refractivity contribution >= 4 is 0 Å². The number of benzene rings is 1. The Morgan fingerprint density at radius 3 is 2.04 bits per heavy atom. The number of rotatable bonds is 3. The summed E-state index contributed by atoms with van der Waals surface area (Å²) in [4.78, 5) is 2.22. The molecule has 1 saturated carbocycles. The van der Waals surface area contributed by atoms with Crippen molar-refractivity contribution < 1.29 is 13.2 Å². The van der Waals surface area contributed by atoms with Gasteiger partial charge in [-0.05, 0) is 63.7 Å². The molecule has 4 heteroatoms. The van der Waals surface area contributed by atoms with E-state index in [0.717, 1.165) is 24.8 Å². The second-order valence-corrected chi connectivity index (χ2v) is 6.21. The SMILES string of the molecule is CC.CC1CCC(Cc2ccc(F)cc2F)(N(C)C)CC1.CF. The molecule has 0 saturated heterocycles. The van der Waals surface area contributed by atoms with Crippen molar-refractivity contribution in [1.29, 1.82) is 0 Å². The molecule has 0 spiro atoms. The van der Waals surface area contributed by atoms with Gasteiger partial charge in [-0.25, -0.2) is 8.78 Å². The van der Waals surface area contributed by atoms with Gasteiger partial charge in [0.1, 0.15) is 11.6 Å². The van der Waals surface area contributed by atoms with Gasteiger partial charge in [-0.2, -0.15) is 0 Å². The third kappa shape index (κ3) is 6.17. The molecule has 0 atom stereocenters. The smallest absolute Gasteiger partial charge is 0.129 e. The molecule has 2 rings (SSSR count). The predicted molar refractivity (Wildman–Crippen MR) is 92.5 cm³/mol. The zero-order valence-electron chi connectivity index (χ0n) is 15.4. The summed E-state index contributed by atoms with van der Waals surface area (Å²) in [6, 6.07) is 3.94. The summed E-state index contributed by atoms with van der Waals surface area (Å²) in [5.41, 5.74) is 0.648. The zero-order valence-corrected chi connectivity index (χ0v) is 15.4. The minimum atomic E-state index is -0.502. The van der Waals surface area contributed by atoms with Crippen LogP contribution in [0.5, 0.6) is 0 Å². The number of nitrogens with zero attached hydrogens (tertiary/aromatic N) is 1. The highest BCUT2D eigenvalue weighted by molar-refractivity contribution is 5.21. The van der Waals surface area contributed by atoms with Crippen LogP contribution in [0.3, 0.4) is 0 Å². The van der Waals surface area contributed by atoms with E-state index in [0.29, 0.717) is 19.2 Å². The van der Waals surface area contributed by atoms with E-state index in [2.05, 4.69) is 25.9 Å². The fourth-order valence-electron chi connectivity index (χ4n) is 3.10. The average molecular weight is 331 g/mol. The van der Waals surface area contributed by atoms with Gasteiger partial charge in [0.15, 0.2) is 0 Å². The molecule has 0 bridgehead atoms. The van der Waals surface area contributed by atoms with E-state index in [1.807, 2.05) is 13.8 Å². The third-order valence-corrected chi connectivity index (χ3v) is 4.69. The highest BCUT2D eigenvalue weighted by atomic mass is 19.1. The molecule has 0 aromatic heterocycles. The Bertz CT molecular complexity index is 438. The van der Waals surface area contributed by atoms with Gasteiger partial charge >= 0.3 is 0 Å². The Kier molecular flexibility index (Phi) is 10.2. The van der Waals surface area contributed by atoms with E-state index in [1.165, 1.54) is 18.9 Å². The Morgan fingerprint density at radius 2 is 1.61 bits per heavy atom. The molecular weight excluding hydrogens is 299 g/mol. The van der Waals surface area contributed by atoms with Crippen LogP contribution in [0.4, 0.5) is 13.2 Å². The van der Waals surface area contributed by atoms with Gasteiger partial charge in [0.2, 0.25) is 0 Å². The second kappa shape index (κ2) is 10.7. The largest absolute Gasteiger partial charge is 0.303 e. The summed E-state index contributed by atoms with van der Waals surface area (Å²) in [6.45, 7) is 6.28. The van der Waals surface area contributed by atoms with Crippen molar-refractivity contribution in [2.24, 2.45) is 5.92 Å². The molecule has 23 heavy (non-hydrogen) atoms. The van der Waals surface area contributed by atoms with E-state index in [-0.39, 0.29) is 5.54 Å². The molecule has 0 amide bonds. The molecule has 0 unspecified atom stereocenters. The number of hydrogen-bond acceptors (Lipinski definition) is 1. The van der Waals surface area contributed by atoms with Crippen LogP contribution in [0, 0.1) is 17.6 Å². The minimum absolute atomic E-state index is 0.0190. The molecule has 1 aromatic rings. The monoisotopic (exact) mass is 331 g/mol. The van der Waals surface area contributed by atoms with Crippen LogP contribution >= 0.6 is 0 Å². The normalized spacial score (nSPS) is 23.5. The Labute approximate surface area is 139 Å². The quantitative estimate of drug-likeness (QED) is 0.694. The van der Waals surface area contributed by atoms with Crippen molar-refractivity contribution in [3.63, 3.8) is 0 Å². The molecule has 1 aliphatic rings. The van der Waals surface area contributed by atoms with Crippen molar-refractivity contribution in [3.8, 4) is 0 Å². The maximum Gasteiger partial charge on any atom is 0.129 e. The van der Waals surface area contributed by atoms with Crippen LogP contribution in [-0.2, 0) is 6.42 Å². The topological polar surface area (TPSA) is 3.24 Å². The second-order valence-electron chi connectivity index (χ2n) is 6.21. The summed E-state index contributed by atoms with van der Waals surface area (Å²) in [5, 5.41) is 0. The molecule has 134 valence electrons. The molecule has 0 N–H and O–H groups in total. The van der Waals surface area contributed by atoms with Crippen LogP contribution in [0.25, 0.3) is 0 Å². The van der Waals surface area contributed by atoms with Crippen molar-refractivity contribution in [2.75, 3.05) is 21.3 Å². The lowest BCUT2D eigenvalue weighted by Crippen LogP contribution is -2.48. The van der Waals surface area contributed by atoms with Gasteiger partial charge in [0.25, 0.3) is 0 Å². The number of alkyl halides is 1. The van der Waals surface area contributed by atoms with Crippen LogP contribution in [0.2, 0.25) is 0 Å². The first-order chi connectivity index (χ1) is 10.9. The standard InChI is InChI=1S/C16H23F2N.C2H6.CH3F/c1-12-6-8-16(9-7-12,19(2)3)11-13-4-5-14(17)10-15(13)18;2*1-2/h4-5,10,12H,6-9,11H2,1-3H3;1-2H3;1H3. The van der Waals surface area contributed by atoms with Crippen LogP contribution in [0.15, 0.2) is 18.2 Å². The first kappa shape index (κ1) is 22.0. The van der Waals surface area contributed by atoms with Gasteiger partial charge in [-0.15, -0.1) is 0 Å². The molecule has 1 aromatic carbocycles. The lowest BCUT2D eigenvalue weighted by Gasteiger charge is -2.45. The van der Waals surface area contributed by atoms with Gasteiger partial charge in [-0.1, -0.05) is 26.8 Å². The third-order valence-electron chi connectivity index (χ3n) is 4.69. The molecule has 0 aliphatic heterocycles. The van der Waals surface area contributed by atoms with Crippen molar-refractivity contribution in [3.05, 3.63) is 35.4 Å². The Morgan fingerprint density at radius 1 is 1.09 bits per heavy atom. The van der Waals surface area contributed by atoms with Gasteiger partial charge in [0.05, 0.1) is 7.18 Å². The molecule has 1 aliphatic carbocycles. The average Bonchev–Trinajstić information content (AvgIpc) is 2.56. The Balaban J connectivity index is 0.00000112. The van der Waals surface area contributed by atoms with Crippen molar-refractivity contribution in [1.82, 2.24) is 4.90 Å². The highest BCUT2D eigenvalue weighted by Gasteiger charge is 2.36. The first-order valence-electron chi connectivity index (χ1n) is 8.42. The van der Waals surface area contributed by atoms with E-state index >= 15 is 0 Å². The minimum Gasteiger partial charge on any atom is -0.303 e. The van der Waals surface area contributed by atoms with Crippen LogP contribution in [-0.4, -0.2) is 31.7 Å². The summed E-state index contributed by atoms with van der Waals surface area (Å²) in [7, 11) is 4.63. The van der Waals surface area contributed by atoms with Gasteiger partial charge in [0, 0.05) is 11.6 Å². The van der Waals surface area contributed by atoms with Gasteiger partial charge in [-0.3, -0.25) is 4.39 Å². The number of likely N-dealkylation sites (N-methyl/N-ethyl adjacent to an activating group) is 1. The fourth-order valence-corrected chi connectivity index (χ4v) is 3.10. The number of hydrogen-bond donors (Lipinski definition) is 0. The van der Waals surface area contributed by atoms with Crippen molar-refractivity contribution in [2.45, 2.75) is 58.4 Å². The van der Waals surface area contributed by atoms with E-state index in [4.69, 9.17) is 0 Å². The van der Waals surface area contributed by atoms with Gasteiger partial charge < -0.3 is 4.90 Å². The molecule has 1 nitrogen and oxygen atoms in total. The van der Waals surface area contributed by atoms with E-state index in [9.17, 15) is 13.2 Å². The number of halogens is 3. The molecular formula is C19H32F3N. The highest BCUT2D eigenvalue weighted by Crippen LogP contribution is 2.38. The maximum atomic E-state index is 13.9. The maximum absolute atomic E-state index is 13.9. The zero-order chi connectivity index (χ0) is 18.0. The molecule has 0 radical (unpaired) electrons. The summed E-state index contributed by atoms with van der Waals surface area (Å²) >= 11 is 0. The van der Waals surface area contributed by atoms with Crippen LogP contribution in [0.1, 0.15) is 52.0 Å². The summed E-state index contributed by atoms with van der Waals surface area (Å²) in [6.07, 6.45) is 5.19. The molecule has 0 heterocycles. The lowest BCUT2D eigenvalue weighted by atomic mass is 9.73. The predicted octanol–water partition coefficient (Wildman–Crippen LogP) is 5.63.